The third kappa shape index (κ3) is 4.20. The second-order valence-corrected chi connectivity index (χ2v) is 4.42. The maximum Gasteiger partial charge on any atom is 0.311 e. The van der Waals surface area contributed by atoms with Crippen LogP contribution < -0.4 is 4.74 Å². The first-order valence-electron chi connectivity index (χ1n) is 5.90. The Morgan fingerprint density at radius 1 is 1.06 bits per heavy atom. The molecule has 0 saturated heterocycles. The molecule has 0 bridgehead atoms. The highest BCUT2D eigenvalue weighted by Gasteiger charge is 2.09. The second kappa shape index (κ2) is 6.19. The molecule has 4 nitrogen and oxygen atoms in total. The fraction of sp³-hybridized carbons (Fsp3) is 0.429. The zero-order valence-electron chi connectivity index (χ0n) is 10.9. The van der Waals surface area contributed by atoms with Gasteiger partial charge in [-0.2, -0.15) is 0 Å². The van der Waals surface area contributed by atoms with Gasteiger partial charge in [0, 0.05) is 12.8 Å². The molecular formula is C14H18O4. The van der Waals surface area contributed by atoms with Crippen LogP contribution in [-0.4, -0.2) is 17.0 Å². The Labute approximate surface area is 107 Å². The number of benzene rings is 1. The third-order valence-corrected chi connectivity index (χ3v) is 2.79. The highest BCUT2D eigenvalue weighted by Crippen LogP contribution is 2.22. The van der Waals surface area contributed by atoms with Crippen molar-refractivity contribution in [2.45, 2.75) is 40.0 Å². The Bertz CT molecular complexity index is 463. The van der Waals surface area contributed by atoms with Gasteiger partial charge < -0.3 is 9.84 Å². The lowest BCUT2D eigenvalue weighted by Crippen LogP contribution is -2.09. The quantitative estimate of drug-likeness (QED) is 0.644. The molecule has 18 heavy (non-hydrogen) atoms. The Morgan fingerprint density at radius 3 is 2.28 bits per heavy atom. The lowest BCUT2D eigenvalue weighted by Gasteiger charge is -2.10. The summed E-state index contributed by atoms with van der Waals surface area (Å²) >= 11 is 0. The van der Waals surface area contributed by atoms with Gasteiger partial charge >= 0.3 is 11.9 Å². The molecule has 1 aromatic rings. The summed E-state index contributed by atoms with van der Waals surface area (Å²) in [6.45, 7) is 5.84. The van der Waals surface area contributed by atoms with Crippen molar-refractivity contribution in [2.24, 2.45) is 0 Å². The largest absolute Gasteiger partial charge is 0.481 e. The molecule has 0 aliphatic rings. The van der Waals surface area contributed by atoms with Gasteiger partial charge in [-0.15, -0.1) is 0 Å². The van der Waals surface area contributed by atoms with Crippen molar-refractivity contribution in [1.82, 2.24) is 0 Å². The number of carboxylic acids is 1. The summed E-state index contributed by atoms with van der Waals surface area (Å²) in [5, 5.41) is 8.48. The molecule has 0 fully saturated rings. The standard InChI is InChI=1S/C14H18O4/c1-9-7-11(3)12(8-10(9)2)18-14(17)6-4-5-13(15)16/h7-8H,4-6H2,1-3H3,(H,15,16). The molecular weight excluding hydrogens is 232 g/mol. The molecule has 0 amide bonds. The van der Waals surface area contributed by atoms with E-state index in [1.165, 1.54) is 0 Å². The van der Waals surface area contributed by atoms with E-state index in [1.54, 1.807) is 0 Å². The van der Waals surface area contributed by atoms with Crippen molar-refractivity contribution in [3.63, 3.8) is 0 Å². The van der Waals surface area contributed by atoms with Crippen molar-refractivity contribution in [1.29, 1.82) is 0 Å². The van der Waals surface area contributed by atoms with Crippen LogP contribution in [0.15, 0.2) is 12.1 Å². The lowest BCUT2D eigenvalue weighted by molar-refractivity contribution is -0.137. The average Bonchev–Trinajstić information content (AvgIpc) is 2.25. The summed E-state index contributed by atoms with van der Waals surface area (Å²) in [5.41, 5.74) is 3.12. The Hall–Kier alpha value is -1.84. The van der Waals surface area contributed by atoms with E-state index in [2.05, 4.69) is 0 Å². The number of hydrogen-bond donors (Lipinski definition) is 1. The molecule has 1 aromatic carbocycles. The summed E-state index contributed by atoms with van der Waals surface area (Å²) in [6.07, 6.45) is 0.414. The van der Waals surface area contributed by atoms with Gasteiger partial charge in [0.15, 0.2) is 0 Å². The van der Waals surface area contributed by atoms with Crippen molar-refractivity contribution >= 4 is 11.9 Å². The first-order chi connectivity index (χ1) is 8.40. The van der Waals surface area contributed by atoms with E-state index < -0.39 is 5.97 Å². The number of esters is 1. The second-order valence-electron chi connectivity index (χ2n) is 4.42. The third-order valence-electron chi connectivity index (χ3n) is 2.79. The number of carboxylic acid groups (broad SMARTS) is 1. The molecule has 4 heteroatoms. The Balaban J connectivity index is 2.59. The van der Waals surface area contributed by atoms with Gasteiger partial charge in [0.05, 0.1) is 0 Å². The van der Waals surface area contributed by atoms with E-state index in [0.717, 1.165) is 16.7 Å². The van der Waals surface area contributed by atoms with Crippen molar-refractivity contribution < 1.29 is 19.4 Å². The van der Waals surface area contributed by atoms with E-state index in [4.69, 9.17) is 9.84 Å². The maximum atomic E-state index is 11.5. The zero-order chi connectivity index (χ0) is 13.7. The molecule has 0 saturated carbocycles. The molecule has 98 valence electrons. The molecule has 0 aliphatic heterocycles. The predicted molar refractivity (Wildman–Crippen MR) is 67.8 cm³/mol. The molecule has 0 atom stereocenters. The van der Waals surface area contributed by atoms with Gasteiger partial charge in [-0.05, 0) is 49.9 Å². The monoisotopic (exact) mass is 250 g/mol. The molecule has 1 N–H and O–H groups in total. The van der Waals surface area contributed by atoms with Crippen LogP contribution in [0.1, 0.15) is 36.0 Å². The summed E-state index contributed by atoms with van der Waals surface area (Å²) in [5.74, 6) is -0.730. The predicted octanol–water partition coefficient (Wildman–Crippen LogP) is 2.77. The van der Waals surface area contributed by atoms with Crippen LogP contribution in [0.25, 0.3) is 0 Å². The first-order valence-corrected chi connectivity index (χ1v) is 5.90. The first kappa shape index (κ1) is 14.2. The number of carbonyl (C=O) groups excluding carboxylic acids is 1. The Kier molecular flexibility index (Phi) is 4.89. The van der Waals surface area contributed by atoms with Gasteiger partial charge in [0.1, 0.15) is 5.75 Å². The van der Waals surface area contributed by atoms with Crippen molar-refractivity contribution in [2.75, 3.05) is 0 Å². The van der Waals surface area contributed by atoms with E-state index in [0.29, 0.717) is 12.2 Å². The summed E-state index contributed by atoms with van der Waals surface area (Å²) < 4.78 is 5.23. The van der Waals surface area contributed by atoms with Gasteiger partial charge in [-0.1, -0.05) is 6.07 Å². The summed E-state index contributed by atoms with van der Waals surface area (Å²) in [6, 6.07) is 3.80. The number of ether oxygens (including phenoxy) is 1. The zero-order valence-corrected chi connectivity index (χ0v) is 10.9. The molecule has 0 aliphatic carbocycles. The van der Waals surface area contributed by atoms with Crippen LogP contribution in [0.3, 0.4) is 0 Å². The minimum atomic E-state index is -0.898. The Morgan fingerprint density at radius 2 is 1.67 bits per heavy atom. The highest BCUT2D eigenvalue weighted by molar-refractivity contribution is 5.74. The SMILES string of the molecule is Cc1cc(C)c(OC(=O)CCCC(=O)O)cc1C. The molecule has 1 rings (SSSR count). The highest BCUT2D eigenvalue weighted by atomic mass is 16.5. The fourth-order valence-electron chi connectivity index (χ4n) is 1.60. The van der Waals surface area contributed by atoms with Gasteiger partial charge in [-0.25, -0.2) is 0 Å². The van der Waals surface area contributed by atoms with Crippen LogP contribution in [0.5, 0.6) is 5.75 Å². The van der Waals surface area contributed by atoms with Crippen LogP contribution in [0.2, 0.25) is 0 Å². The number of hydrogen-bond acceptors (Lipinski definition) is 3. The van der Waals surface area contributed by atoms with Gasteiger partial charge in [-0.3, -0.25) is 9.59 Å². The van der Waals surface area contributed by atoms with Crippen LogP contribution in [0.4, 0.5) is 0 Å². The summed E-state index contributed by atoms with van der Waals surface area (Å²) in [7, 11) is 0. The average molecular weight is 250 g/mol. The van der Waals surface area contributed by atoms with E-state index >= 15 is 0 Å². The normalized spacial score (nSPS) is 10.2. The van der Waals surface area contributed by atoms with Crippen LogP contribution in [-0.2, 0) is 9.59 Å². The smallest absolute Gasteiger partial charge is 0.311 e. The molecule has 0 radical (unpaired) electrons. The van der Waals surface area contributed by atoms with Gasteiger partial charge in [0.2, 0.25) is 0 Å². The molecule has 0 spiro atoms. The van der Waals surface area contributed by atoms with Gasteiger partial charge in [0.25, 0.3) is 0 Å². The van der Waals surface area contributed by atoms with Crippen molar-refractivity contribution in [3.05, 3.63) is 28.8 Å². The van der Waals surface area contributed by atoms with Crippen molar-refractivity contribution in [3.8, 4) is 5.75 Å². The number of aryl methyl sites for hydroxylation is 3. The minimum absolute atomic E-state index is 0.0129. The number of aliphatic carboxylic acids is 1. The van der Waals surface area contributed by atoms with Crippen LogP contribution in [0, 0.1) is 20.8 Å². The van der Waals surface area contributed by atoms with E-state index in [9.17, 15) is 9.59 Å². The summed E-state index contributed by atoms with van der Waals surface area (Å²) in [4.78, 5) is 21.9. The molecule has 0 aromatic heterocycles. The molecule has 0 unspecified atom stereocenters. The minimum Gasteiger partial charge on any atom is -0.481 e. The maximum absolute atomic E-state index is 11.5. The molecule has 0 heterocycles. The number of carbonyl (C=O) groups is 2. The van der Waals surface area contributed by atoms with E-state index in [1.807, 2.05) is 32.9 Å². The topological polar surface area (TPSA) is 63.6 Å². The van der Waals surface area contributed by atoms with Crippen LogP contribution >= 0.6 is 0 Å². The number of rotatable bonds is 5. The van der Waals surface area contributed by atoms with E-state index in [-0.39, 0.29) is 18.8 Å². The fourth-order valence-corrected chi connectivity index (χ4v) is 1.60. The lowest BCUT2D eigenvalue weighted by atomic mass is 10.1.